The SMILES string of the molecule is CCCCOC(=O)/C(C)=C/c1ccc(N(C)C)cc1. The molecule has 0 atom stereocenters. The van der Waals surface area contributed by atoms with E-state index in [1.807, 2.05) is 49.3 Å². The number of nitrogens with zero attached hydrogens (tertiary/aromatic N) is 1. The maximum Gasteiger partial charge on any atom is 0.333 e. The Morgan fingerprint density at radius 1 is 1.26 bits per heavy atom. The minimum atomic E-state index is -0.231. The van der Waals surface area contributed by atoms with Crippen molar-refractivity contribution in [1.82, 2.24) is 0 Å². The first-order valence-corrected chi connectivity index (χ1v) is 6.67. The van der Waals surface area contributed by atoms with Crippen molar-refractivity contribution in [2.75, 3.05) is 25.6 Å². The molecule has 0 aliphatic heterocycles. The van der Waals surface area contributed by atoms with Crippen LogP contribution in [-0.2, 0) is 9.53 Å². The van der Waals surface area contributed by atoms with E-state index >= 15 is 0 Å². The number of carbonyl (C=O) groups excluding carboxylic acids is 1. The Morgan fingerprint density at radius 3 is 2.42 bits per heavy atom. The van der Waals surface area contributed by atoms with Crippen LogP contribution in [0.25, 0.3) is 6.08 Å². The van der Waals surface area contributed by atoms with Crippen molar-refractivity contribution < 1.29 is 9.53 Å². The molecule has 3 heteroatoms. The summed E-state index contributed by atoms with van der Waals surface area (Å²) in [7, 11) is 4.00. The lowest BCUT2D eigenvalue weighted by molar-refractivity contribution is -0.138. The molecule has 3 nitrogen and oxygen atoms in total. The maximum absolute atomic E-state index is 11.7. The Morgan fingerprint density at radius 2 is 1.89 bits per heavy atom. The van der Waals surface area contributed by atoms with Crippen LogP contribution in [0.2, 0.25) is 0 Å². The van der Waals surface area contributed by atoms with Crippen LogP contribution in [-0.4, -0.2) is 26.7 Å². The average Bonchev–Trinajstić information content (AvgIpc) is 2.39. The topological polar surface area (TPSA) is 29.5 Å². The number of carbonyl (C=O) groups is 1. The second-order valence-corrected chi connectivity index (χ2v) is 4.80. The van der Waals surface area contributed by atoms with Crippen molar-refractivity contribution in [2.45, 2.75) is 26.7 Å². The molecular weight excluding hydrogens is 238 g/mol. The standard InChI is InChI=1S/C16H23NO2/c1-5-6-11-19-16(18)13(2)12-14-7-9-15(10-8-14)17(3)4/h7-10,12H,5-6,11H2,1-4H3/b13-12+. The molecule has 0 heterocycles. The van der Waals surface area contributed by atoms with Crippen LogP contribution < -0.4 is 4.90 Å². The second kappa shape index (κ2) is 7.62. The Bertz CT molecular complexity index is 433. The highest BCUT2D eigenvalue weighted by molar-refractivity contribution is 5.93. The molecule has 0 fully saturated rings. The average molecular weight is 261 g/mol. The quantitative estimate of drug-likeness (QED) is 0.446. The molecule has 19 heavy (non-hydrogen) atoms. The fourth-order valence-corrected chi connectivity index (χ4v) is 1.60. The van der Waals surface area contributed by atoms with E-state index in [2.05, 4.69) is 6.92 Å². The van der Waals surface area contributed by atoms with Crippen LogP contribution in [0, 0.1) is 0 Å². The van der Waals surface area contributed by atoms with Gasteiger partial charge in [0.25, 0.3) is 0 Å². The molecular formula is C16H23NO2. The van der Waals surface area contributed by atoms with Gasteiger partial charge >= 0.3 is 5.97 Å². The van der Waals surface area contributed by atoms with E-state index in [4.69, 9.17) is 4.74 Å². The Hall–Kier alpha value is -1.77. The third-order valence-electron chi connectivity index (χ3n) is 2.85. The largest absolute Gasteiger partial charge is 0.462 e. The number of anilines is 1. The summed E-state index contributed by atoms with van der Waals surface area (Å²) in [6, 6.07) is 8.05. The van der Waals surface area contributed by atoms with E-state index in [0.717, 1.165) is 24.1 Å². The second-order valence-electron chi connectivity index (χ2n) is 4.80. The number of ether oxygens (including phenoxy) is 1. The Kier molecular flexibility index (Phi) is 6.13. The van der Waals surface area contributed by atoms with E-state index in [0.29, 0.717) is 12.2 Å². The molecule has 0 saturated heterocycles. The summed E-state index contributed by atoms with van der Waals surface area (Å²) in [6.45, 7) is 4.36. The van der Waals surface area contributed by atoms with E-state index < -0.39 is 0 Å². The van der Waals surface area contributed by atoms with E-state index in [1.54, 1.807) is 6.92 Å². The van der Waals surface area contributed by atoms with E-state index in [9.17, 15) is 4.79 Å². The number of hydrogen-bond acceptors (Lipinski definition) is 3. The van der Waals surface area contributed by atoms with Crippen molar-refractivity contribution in [2.24, 2.45) is 0 Å². The van der Waals surface area contributed by atoms with Gasteiger partial charge in [0.2, 0.25) is 0 Å². The molecule has 0 aliphatic carbocycles. The number of esters is 1. The predicted molar refractivity (Wildman–Crippen MR) is 80.3 cm³/mol. The summed E-state index contributed by atoms with van der Waals surface area (Å²) in [5.74, 6) is -0.231. The molecule has 0 bridgehead atoms. The third kappa shape index (κ3) is 5.16. The summed E-state index contributed by atoms with van der Waals surface area (Å²) in [5, 5.41) is 0. The van der Waals surface area contributed by atoms with Gasteiger partial charge in [0.1, 0.15) is 0 Å². The normalized spacial score (nSPS) is 11.3. The lowest BCUT2D eigenvalue weighted by Crippen LogP contribution is -2.08. The highest BCUT2D eigenvalue weighted by atomic mass is 16.5. The maximum atomic E-state index is 11.7. The van der Waals surface area contributed by atoms with Gasteiger partial charge in [-0.25, -0.2) is 4.79 Å². The molecule has 0 N–H and O–H groups in total. The van der Waals surface area contributed by atoms with E-state index in [1.165, 1.54) is 0 Å². The predicted octanol–water partition coefficient (Wildman–Crippen LogP) is 3.50. The molecule has 0 spiro atoms. The lowest BCUT2D eigenvalue weighted by Gasteiger charge is -2.12. The summed E-state index contributed by atoms with van der Waals surface area (Å²) in [6.07, 6.45) is 3.80. The molecule has 0 aliphatic rings. The summed E-state index contributed by atoms with van der Waals surface area (Å²) in [5.41, 5.74) is 2.78. The zero-order chi connectivity index (χ0) is 14.3. The molecule has 104 valence electrons. The van der Waals surface area contributed by atoms with Crippen LogP contribution >= 0.6 is 0 Å². The molecule has 0 aromatic heterocycles. The van der Waals surface area contributed by atoms with Crippen molar-refractivity contribution in [3.05, 3.63) is 35.4 Å². The monoisotopic (exact) mass is 261 g/mol. The van der Waals surface area contributed by atoms with Gasteiger partial charge in [-0.3, -0.25) is 0 Å². The van der Waals surface area contributed by atoms with Gasteiger partial charge in [-0.15, -0.1) is 0 Å². The fraction of sp³-hybridized carbons (Fsp3) is 0.438. The highest BCUT2D eigenvalue weighted by Crippen LogP contribution is 2.15. The Labute approximate surface area is 115 Å². The van der Waals surface area contributed by atoms with Crippen molar-refractivity contribution in [1.29, 1.82) is 0 Å². The molecule has 1 aromatic rings. The third-order valence-corrected chi connectivity index (χ3v) is 2.85. The number of benzene rings is 1. The molecule has 0 saturated carbocycles. The van der Waals surface area contributed by atoms with Crippen LogP contribution in [0.3, 0.4) is 0 Å². The smallest absolute Gasteiger partial charge is 0.333 e. The molecule has 0 unspecified atom stereocenters. The minimum absolute atomic E-state index is 0.231. The van der Waals surface area contributed by atoms with Crippen LogP contribution in [0.1, 0.15) is 32.3 Å². The van der Waals surface area contributed by atoms with Gasteiger partial charge in [-0.2, -0.15) is 0 Å². The van der Waals surface area contributed by atoms with Crippen LogP contribution in [0.4, 0.5) is 5.69 Å². The number of rotatable bonds is 6. The highest BCUT2D eigenvalue weighted by Gasteiger charge is 2.05. The number of unbranched alkanes of at least 4 members (excludes halogenated alkanes) is 1. The van der Waals surface area contributed by atoms with Crippen LogP contribution in [0.15, 0.2) is 29.8 Å². The Balaban J connectivity index is 2.64. The minimum Gasteiger partial charge on any atom is -0.462 e. The summed E-state index contributed by atoms with van der Waals surface area (Å²) < 4.78 is 5.16. The van der Waals surface area contributed by atoms with Crippen LogP contribution in [0.5, 0.6) is 0 Å². The zero-order valence-corrected chi connectivity index (χ0v) is 12.3. The van der Waals surface area contributed by atoms with Gasteiger partial charge in [-0.1, -0.05) is 25.5 Å². The summed E-state index contributed by atoms with van der Waals surface area (Å²) >= 11 is 0. The van der Waals surface area contributed by atoms with Crippen molar-refractivity contribution >= 4 is 17.7 Å². The fourth-order valence-electron chi connectivity index (χ4n) is 1.60. The van der Waals surface area contributed by atoms with Gasteiger partial charge in [0.05, 0.1) is 6.61 Å². The molecule has 0 amide bonds. The van der Waals surface area contributed by atoms with Gasteiger partial charge in [0, 0.05) is 25.4 Å². The van der Waals surface area contributed by atoms with Crippen molar-refractivity contribution in [3.63, 3.8) is 0 Å². The zero-order valence-electron chi connectivity index (χ0n) is 12.3. The van der Waals surface area contributed by atoms with Gasteiger partial charge in [0.15, 0.2) is 0 Å². The molecule has 0 radical (unpaired) electrons. The van der Waals surface area contributed by atoms with Gasteiger partial charge in [-0.05, 0) is 37.1 Å². The first kappa shape index (κ1) is 15.3. The summed E-state index contributed by atoms with van der Waals surface area (Å²) in [4.78, 5) is 13.7. The lowest BCUT2D eigenvalue weighted by atomic mass is 10.1. The number of hydrogen-bond donors (Lipinski definition) is 0. The van der Waals surface area contributed by atoms with Gasteiger partial charge < -0.3 is 9.64 Å². The molecule has 1 rings (SSSR count). The molecule has 1 aromatic carbocycles. The first-order valence-electron chi connectivity index (χ1n) is 6.67. The first-order chi connectivity index (χ1) is 9.04. The van der Waals surface area contributed by atoms with Crippen molar-refractivity contribution in [3.8, 4) is 0 Å². The van der Waals surface area contributed by atoms with E-state index in [-0.39, 0.29) is 5.97 Å².